The Kier molecular flexibility index (Phi) is 11.7. The van der Waals surface area contributed by atoms with Gasteiger partial charge >= 0.3 is 0 Å². The van der Waals surface area contributed by atoms with Crippen LogP contribution in [0.1, 0.15) is 91.9 Å². The van der Waals surface area contributed by atoms with Gasteiger partial charge in [0.2, 0.25) is 6.29 Å². The molecule has 2 heterocycles. The van der Waals surface area contributed by atoms with Crippen molar-refractivity contribution in [2.75, 3.05) is 46.2 Å². The zero-order valence-electron chi connectivity index (χ0n) is 24.4. The molecule has 222 valence electrons. The number of rotatable bonds is 18. The molecule has 0 aromatic rings. The van der Waals surface area contributed by atoms with Gasteiger partial charge in [0, 0.05) is 26.1 Å². The quantitative estimate of drug-likeness (QED) is 0.190. The predicted molar refractivity (Wildman–Crippen MR) is 144 cm³/mol. The van der Waals surface area contributed by atoms with E-state index < -0.39 is 6.10 Å². The number of aliphatic hydroxyl groups excluding tert-OH is 1. The molecule has 4 aliphatic rings. The van der Waals surface area contributed by atoms with Gasteiger partial charge in [-0.2, -0.15) is 9.78 Å². The first kappa shape index (κ1) is 30.6. The molecular weight excluding hydrogens is 488 g/mol. The van der Waals surface area contributed by atoms with E-state index in [1.807, 2.05) is 0 Å². The van der Waals surface area contributed by atoms with Crippen molar-refractivity contribution in [3.8, 4) is 0 Å². The minimum atomic E-state index is -0.500. The number of aliphatic hydroxyl groups is 1. The van der Waals surface area contributed by atoms with Gasteiger partial charge < -0.3 is 28.8 Å². The fourth-order valence-corrected chi connectivity index (χ4v) is 6.09. The summed E-state index contributed by atoms with van der Waals surface area (Å²) in [7, 11) is 0. The van der Waals surface area contributed by atoms with Crippen LogP contribution in [0.25, 0.3) is 0 Å². The van der Waals surface area contributed by atoms with Gasteiger partial charge in [0.1, 0.15) is 6.61 Å². The third-order valence-corrected chi connectivity index (χ3v) is 8.70. The van der Waals surface area contributed by atoms with Crippen LogP contribution in [-0.4, -0.2) is 81.1 Å². The highest BCUT2D eigenvalue weighted by molar-refractivity contribution is 4.82. The average molecular weight is 543 g/mol. The van der Waals surface area contributed by atoms with Gasteiger partial charge in [0.25, 0.3) is 0 Å². The van der Waals surface area contributed by atoms with E-state index in [1.165, 1.54) is 51.4 Å². The van der Waals surface area contributed by atoms with E-state index in [9.17, 15) is 5.11 Å². The summed E-state index contributed by atoms with van der Waals surface area (Å²) in [6, 6.07) is 0. The Morgan fingerprint density at radius 3 is 1.66 bits per heavy atom. The first-order chi connectivity index (χ1) is 18.2. The molecule has 2 unspecified atom stereocenters. The van der Waals surface area contributed by atoms with Gasteiger partial charge in [0.15, 0.2) is 0 Å². The highest BCUT2D eigenvalue weighted by Crippen LogP contribution is 2.33. The Bertz CT molecular complexity index is 661. The van der Waals surface area contributed by atoms with Crippen molar-refractivity contribution >= 4 is 0 Å². The number of ether oxygens (including phenoxy) is 5. The molecule has 38 heavy (non-hydrogen) atoms. The van der Waals surface area contributed by atoms with Crippen LogP contribution in [0, 0.1) is 23.7 Å². The molecular formula is C30H54O8. The first-order valence-electron chi connectivity index (χ1n) is 15.2. The van der Waals surface area contributed by atoms with E-state index in [1.54, 1.807) is 0 Å². The summed E-state index contributed by atoms with van der Waals surface area (Å²) in [5.74, 6) is 2.45. The second-order valence-electron chi connectivity index (χ2n) is 13.6. The van der Waals surface area contributed by atoms with Gasteiger partial charge in [0.05, 0.1) is 49.8 Å². The Morgan fingerprint density at radius 1 is 0.684 bits per heavy atom. The van der Waals surface area contributed by atoms with Crippen LogP contribution in [0.5, 0.6) is 0 Å². The molecule has 2 saturated carbocycles. The Balaban J connectivity index is 0.999. The normalized spacial score (nSPS) is 31.3. The van der Waals surface area contributed by atoms with Crippen LogP contribution >= 0.6 is 0 Å². The average Bonchev–Trinajstić information content (AvgIpc) is 3.80. The molecule has 0 spiro atoms. The molecule has 0 bridgehead atoms. The maximum Gasteiger partial charge on any atom is 0.247 e. The maximum atomic E-state index is 10.6. The lowest BCUT2D eigenvalue weighted by molar-refractivity contribution is -0.0834. The zero-order chi connectivity index (χ0) is 27.0. The SMILES string of the molecule is CC(C)(CC(O)COCC1CCC(COC(C)(C)CC2CO2)CC1)OCC1CCC(COCC2OO2)CC1. The van der Waals surface area contributed by atoms with E-state index in [-0.39, 0.29) is 17.5 Å². The second-order valence-corrected chi connectivity index (χ2v) is 13.6. The van der Waals surface area contributed by atoms with Gasteiger partial charge in [-0.15, -0.1) is 0 Å². The van der Waals surface area contributed by atoms with Crippen LogP contribution in [0.2, 0.25) is 0 Å². The van der Waals surface area contributed by atoms with E-state index >= 15 is 0 Å². The van der Waals surface area contributed by atoms with E-state index in [0.29, 0.717) is 49.4 Å². The maximum absolute atomic E-state index is 10.6. The number of hydrogen-bond acceptors (Lipinski definition) is 8. The Labute approximate surface area is 230 Å². The van der Waals surface area contributed by atoms with Crippen LogP contribution in [-0.2, 0) is 33.5 Å². The number of epoxide rings is 1. The van der Waals surface area contributed by atoms with Crippen molar-refractivity contribution in [3.05, 3.63) is 0 Å². The molecule has 2 saturated heterocycles. The van der Waals surface area contributed by atoms with Crippen molar-refractivity contribution in [1.82, 2.24) is 0 Å². The Morgan fingerprint density at radius 2 is 1.16 bits per heavy atom. The summed E-state index contributed by atoms with van der Waals surface area (Å²) in [5.41, 5.74) is -0.449. The molecule has 0 aromatic heterocycles. The standard InChI is InChI=1S/C30H54O8/c1-29(2,35-17-24-11-7-23(8-12-24)16-33-21-28-37-38-28)13-26(31)19-32-15-22-5-9-25(10-6-22)18-36-30(3,4)14-27-20-34-27/h22-28,31H,5-21H2,1-4H3. The lowest BCUT2D eigenvalue weighted by atomic mass is 9.82. The summed E-state index contributed by atoms with van der Waals surface area (Å²) in [4.78, 5) is 9.42. The third kappa shape index (κ3) is 12.0. The summed E-state index contributed by atoms with van der Waals surface area (Å²) < 4.78 is 29.5. The molecule has 1 N–H and O–H groups in total. The molecule has 0 aromatic carbocycles. The highest BCUT2D eigenvalue weighted by atomic mass is 17.4. The van der Waals surface area contributed by atoms with E-state index in [2.05, 4.69) is 27.7 Å². The topological polar surface area (TPSA) is 94.7 Å². The lowest BCUT2D eigenvalue weighted by Gasteiger charge is -2.33. The molecule has 0 amide bonds. The fourth-order valence-electron chi connectivity index (χ4n) is 6.09. The molecule has 2 aliphatic carbocycles. The van der Waals surface area contributed by atoms with Crippen LogP contribution in [0.15, 0.2) is 0 Å². The van der Waals surface area contributed by atoms with Gasteiger partial charge in [-0.05, 0) is 103 Å². The third-order valence-electron chi connectivity index (χ3n) is 8.70. The van der Waals surface area contributed by atoms with Crippen LogP contribution in [0.3, 0.4) is 0 Å². The molecule has 0 radical (unpaired) electrons. The number of hydrogen-bond donors (Lipinski definition) is 1. The summed E-state index contributed by atoms with van der Waals surface area (Å²) in [5, 5.41) is 10.6. The molecule has 8 heteroatoms. The summed E-state index contributed by atoms with van der Waals surface area (Å²) in [6.07, 6.45) is 10.8. The smallest absolute Gasteiger partial charge is 0.247 e. The van der Waals surface area contributed by atoms with Crippen molar-refractivity contribution in [3.63, 3.8) is 0 Å². The monoisotopic (exact) mass is 542 g/mol. The van der Waals surface area contributed by atoms with E-state index in [4.69, 9.17) is 33.5 Å². The summed E-state index contributed by atoms with van der Waals surface area (Å²) >= 11 is 0. The molecule has 4 fully saturated rings. The van der Waals surface area contributed by atoms with Crippen LogP contribution < -0.4 is 0 Å². The lowest BCUT2D eigenvalue weighted by Crippen LogP contribution is -2.35. The second kappa shape index (κ2) is 14.5. The minimum absolute atomic E-state index is 0.0920. The molecule has 4 rings (SSSR count). The highest BCUT2D eigenvalue weighted by Gasteiger charge is 2.33. The van der Waals surface area contributed by atoms with Gasteiger partial charge in [-0.1, -0.05) is 0 Å². The summed E-state index contributed by atoms with van der Waals surface area (Å²) in [6.45, 7) is 13.5. The minimum Gasteiger partial charge on any atom is -0.391 e. The van der Waals surface area contributed by atoms with Gasteiger partial charge in [-0.3, -0.25) is 0 Å². The molecule has 2 atom stereocenters. The van der Waals surface area contributed by atoms with Crippen molar-refractivity contribution in [2.45, 2.75) is 122 Å². The predicted octanol–water partition coefficient (Wildman–Crippen LogP) is 5.05. The van der Waals surface area contributed by atoms with Gasteiger partial charge in [-0.25, -0.2) is 0 Å². The van der Waals surface area contributed by atoms with Crippen molar-refractivity contribution in [1.29, 1.82) is 0 Å². The zero-order valence-corrected chi connectivity index (χ0v) is 24.4. The Hall–Kier alpha value is -0.320. The van der Waals surface area contributed by atoms with Crippen LogP contribution in [0.4, 0.5) is 0 Å². The largest absolute Gasteiger partial charge is 0.391 e. The van der Waals surface area contributed by atoms with E-state index in [0.717, 1.165) is 39.5 Å². The fraction of sp³-hybridized carbons (Fsp3) is 1.00. The molecule has 2 aliphatic heterocycles. The van der Waals surface area contributed by atoms with Crippen molar-refractivity contribution < 1.29 is 38.6 Å². The molecule has 8 nitrogen and oxygen atoms in total. The van der Waals surface area contributed by atoms with Crippen molar-refractivity contribution in [2.24, 2.45) is 23.7 Å². The first-order valence-corrected chi connectivity index (χ1v) is 15.2.